The van der Waals surface area contributed by atoms with Crippen molar-refractivity contribution in [1.82, 2.24) is 20.6 Å². The molecule has 2 aromatic rings. The zero-order valence-corrected chi connectivity index (χ0v) is 12.9. The quantitative estimate of drug-likeness (QED) is 0.628. The van der Waals surface area contributed by atoms with Crippen LogP contribution in [0.15, 0.2) is 47.7 Å². The van der Waals surface area contributed by atoms with Gasteiger partial charge in [-0.05, 0) is 25.1 Å². The molecule has 22 heavy (non-hydrogen) atoms. The number of nitrogens with zero attached hydrogens (tertiary/aromatic N) is 3. The van der Waals surface area contributed by atoms with Gasteiger partial charge in [0.15, 0.2) is 5.96 Å². The number of aliphatic imine (C=N–C) groups is 1. The lowest BCUT2D eigenvalue weighted by molar-refractivity contribution is 0.392. The maximum absolute atomic E-state index is 5.24. The fraction of sp³-hybridized carbons (Fsp3) is 0.312. The Morgan fingerprint density at radius 3 is 2.73 bits per heavy atom. The molecule has 116 valence electrons. The van der Waals surface area contributed by atoms with Gasteiger partial charge in [-0.15, -0.1) is 0 Å². The SMILES string of the molecule is CCNC(=NCc1cccnc1OC)NCc1ccccn1. The van der Waals surface area contributed by atoms with Gasteiger partial charge in [0.2, 0.25) is 5.88 Å². The predicted molar refractivity (Wildman–Crippen MR) is 86.7 cm³/mol. The largest absolute Gasteiger partial charge is 0.481 e. The van der Waals surface area contributed by atoms with Gasteiger partial charge >= 0.3 is 0 Å². The Kier molecular flexibility index (Phi) is 6.17. The van der Waals surface area contributed by atoms with Crippen molar-refractivity contribution in [3.8, 4) is 5.88 Å². The topological polar surface area (TPSA) is 71.4 Å². The smallest absolute Gasteiger partial charge is 0.218 e. The number of hydrogen-bond acceptors (Lipinski definition) is 4. The van der Waals surface area contributed by atoms with Gasteiger partial charge in [-0.3, -0.25) is 4.98 Å². The second kappa shape index (κ2) is 8.61. The van der Waals surface area contributed by atoms with E-state index >= 15 is 0 Å². The number of methoxy groups -OCH3 is 1. The van der Waals surface area contributed by atoms with Gasteiger partial charge in [0, 0.05) is 24.5 Å². The van der Waals surface area contributed by atoms with Gasteiger partial charge in [-0.1, -0.05) is 12.1 Å². The van der Waals surface area contributed by atoms with Gasteiger partial charge in [0.1, 0.15) is 0 Å². The molecular weight excluding hydrogens is 278 g/mol. The monoisotopic (exact) mass is 299 g/mol. The molecule has 0 atom stereocenters. The predicted octanol–water partition coefficient (Wildman–Crippen LogP) is 1.74. The van der Waals surface area contributed by atoms with E-state index in [1.165, 1.54) is 0 Å². The Bertz CT molecular complexity index is 600. The first kappa shape index (κ1) is 15.8. The molecule has 0 bridgehead atoms. The summed E-state index contributed by atoms with van der Waals surface area (Å²) in [5.74, 6) is 1.34. The number of hydrogen-bond donors (Lipinski definition) is 2. The van der Waals surface area contributed by atoms with E-state index in [9.17, 15) is 0 Å². The average molecular weight is 299 g/mol. The third-order valence-corrected chi connectivity index (χ3v) is 2.96. The lowest BCUT2D eigenvalue weighted by atomic mass is 10.3. The van der Waals surface area contributed by atoms with Crippen LogP contribution in [-0.2, 0) is 13.1 Å². The van der Waals surface area contributed by atoms with E-state index in [4.69, 9.17) is 4.74 Å². The Labute approximate surface area is 130 Å². The standard InChI is InChI=1S/C16H21N5O/c1-3-17-16(21-12-14-8-4-5-9-18-14)20-11-13-7-6-10-19-15(13)22-2/h4-10H,3,11-12H2,1-2H3,(H2,17,20,21). The first-order chi connectivity index (χ1) is 10.8. The number of nitrogens with one attached hydrogen (secondary N) is 2. The lowest BCUT2D eigenvalue weighted by Gasteiger charge is -2.11. The van der Waals surface area contributed by atoms with Gasteiger partial charge in [0.05, 0.1) is 25.9 Å². The van der Waals surface area contributed by atoms with Gasteiger partial charge in [0.25, 0.3) is 0 Å². The Morgan fingerprint density at radius 1 is 1.14 bits per heavy atom. The second-order valence-electron chi connectivity index (χ2n) is 4.54. The maximum atomic E-state index is 5.24. The van der Waals surface area contributed by atoms with Crippen LogP contribution in [-0.4, -0.2) is 29.6 Å². The molecule has 6 nitrogen and oxygen atoms in total. The minimum atomic E-state index is 0.495. The van der Waals surface area contributed by atoms with Crippen LogP contribution in [0.2, 0.25) is 0 Å². The van der Waals surface area contributed by atoms with Crippen molar-refractivity contribution in [3.05, 3.63) is 54.0 Å². The van der Waals surface area contributed by atoms with Crippen molar-refractivity contribution in [3.63, 3.8) is 0 Å². The van der Waals surface area contributed by atoms with Crippen LogP contribution in [0, 0.1) is 0 Å². The molecule has 2 rings (SSSR count). The highest BCUT2D eigenvalue weighted by Crippen LogP contribution is 2.14. The van der Waals surface area contributed by atoms with E-state index in [2.05, 4.69) is 25.6 Å². The molecule has 2 aromatic heterocycles. The summed E-state index contributed by atoms with van der Waals surface area (Å²) < 4.78 is 5.24. The minimum Gasteiger partial charge on any atom is -0.481 e. The molecule has 0 unspecified atom stereocenters. The zero-order valence-electron chi connectivity index (χ0n) is 12.9. The summed E-state index contributed by atoms with van der Waals surface area (Å²) in [6.45, 7) is 3.94. The summed E-state index contributed by atoms with van der Waals surface area (Å²) in [6, 6.07) is 9.67. The molecule has 0 aliphatic rings. The van der Waals surface area contributed by atoms with Crippen LogP contribution in [0.25, 0.3) is 0 Å². The number of pyridine rings is 2. The summed E-state index contributed by atoms with van der Waals surface area (Å²) >= 11 is 0. The average Bonchev–Trinajstić information content (AvgIpc) is 2.58. The number of rotatable bonds is 6. The van der Waals surface area contributed by atoms with E-state index in [0.717, 1.165) is 23.8 Å². The van der Waals surface area contributed by atoms with Crippen LogP contribution in [0.4, 0.5) is 0 Å². The minimum absolute atomic E-state index is 0.495. The van der Waals surface area contributed by atoms with Crippen molar-refractivity contribution in [2.45, 2.75) is 20.0 Å². The molecule has 0 aliphatic heterocycles. The maximum Gasteiger partial charge on any atom is 0.218 e. The molecule has 0 aliphatic carbocycles. The lowest BCUT2D eigenvalue weighted by Crippen LogP contribution is -2.37. The van der Waals surface area contributed by atoms with Crippen LogP contribution in [0.5, 0.6) is 5.88 Å². The normalized spacial score (nSPS) is 11.1. The van der Waals surface area contributed by atoms with E-state index in [-0.39, 0.29) is 0 Å². The van der Waals surface area contributed by atoms with Crippen LogP contribution < -0.4 is 15.4 Å². The third kappa shape index (κ3) is 4.73. The Hall–Kier alpha value is -2.63. The fourth-order valence-electron chi connectivity index (χ4n) is 1.91. The molecule has 0 fully saturated rings. The molecule has 0 radical (unpaired) electrons. The first-order valence-electron chi connectivity index (χ1n) is 7.23. The number of aromatic nitrogens is 2. The van der Waals surface area contributed by atoms with Crippen molar-refractivity contribution in [2.24, 2.45) is 4.99 Å². The summed E-state index contributed by atoms with van der Waals surface area (Å²) in [5, 5.41) is 6.47. The molecule has 0 amide bonds. The molecule has 6 heteroatoms. The summed E-state index contributed by atoms with van der Waals surface area (Å²) in [7, 11) is 1.61. The Balaban J connectivity index is 2.00. The molecule has 2 N–H and O–H groups in total. The number of ether oxygens (including phenoxy) is 1. The van der Waals surface area contributed by atoms with E-state index in [1.54, 1.807) is 19.5 Å². The van der Waals surface area contributed by atoms with Crippen LogP contribution in [0.3, 0.4) is 0 Å². The fourth-order valence-corrected chi connectivity index (χ4v) is 1.91. The zero-order chi connectivity index (χ0) is 15.6. The highest BCUT2D eigenvalue weighted by atomic mass is 16.5. The van der Waals surface area contributed by atoms with Gasteiger partial charge in [-0.25, -0.2) is 9.98 Å². The number of guanidine groups is 1. The van der Waals surface area contributed by atoms with Crippen LogP contribution in [0.1, 0.15) is 18.2 Å². The molecule has 2 heterocycles. The van der Waals surface area contributed by atoms with Crippen molar-refractivity contribution in [1.29, 1.82) is 0 Å². The van der Waals surface area contributed by atoms with E-state index in [0.29, 0.717) is 19.0 Å². The van der Waals surface area contributed by atoms with Crippen molar-refractivity contribution < 1.29 is 4.74 Å². The third-order valence-electron chi connectivity index (χ3n) is 2.96. The molecule has 0 saturated carbocycles. The van der Waals surface area contributed by atoms with Gasteiger partial charge in [-0.2, -0.15) is 0 Å². The molecule has 0 saturated heterocycles. The summed E-state index contributed by atoms with van der Waals surface area (Å²) in [6.07, 6.45) is 3.48. The van der Waals surface area contributed by atoms with Gasteiger partial charge < -0.3 is 15.4 Å². The second-order valence-corrected chi connectivity index (χ2v) is 4.54. The Morgan fingerprint density at radius 2 is 2.00 bits per heavy atom. The molecule has 0 spiro atoms. The summed E-state index contributed by atoms with van der Waals surface area (Å²) in [4.78, 5) is 13.0. The molecule has 0 aromatic carbocycles. The van der Waals surface area contributed by atoms with Crippen molar-refractivity contribution >= 4 is 5.96 Å². The van der Waals surface area contributed by atoms with Crippen LogP contribution >= 0.6 is 0 Å². The first-order valence-corrected chi connectivity index (χ1v) is 7.23. The molecular formula is C16H21N5O. The van der Waals surface area contributed by atoms with Crippen molar-refractivity contribution in [2.75, 3.05) is 13.7 Å². The van der Waals surface area contributed by atoms with E-state index < -0.39 is 0 Å². The summed E-state index contributed by atoms with van der Waals surface area (Å²) in [5.41, 5.74) is 1.91. The highest BCUT2D eigenvalue weighted by molar-refractivity contribution is 5.79. The highest BCUT2D eigenvalue weighted by Gasteiger charge is 2.03. The van der Waals surface area contributed by atoms with E-state index in [1.807, 2.05) is 37.3 Å².